The van der Waals surface area contributed by atoms with Gasteiger partial charge in [0.1, 0.15) is 13.2 Å². The minimum Gasteiger partial charge on any atom is -0.462 e. The number of rotatable bonds is 36. The van der Waals surface area contributed by atoms with Crippen LogP contribution in [-0.2, 0) is 30.2 Å². The van der Waals surface area contributed by atoms with Crippen LogP contribution in [0.2, 0.25) is 0 Å². The standard InChI is InChI=1S/C48H82N2O6/c1-5-7-9-11-13-15-17-19-21-23-25-27-29-35-46(51)54-40-43(41-55-47(52)36-30-28-26-24-22-20-18-16-14-12-10-8-6-2)56-48(53)50-39-42(37-38-49(3)4)44-33-31-32-34-45(44)50/h31-34,39,43H,5-30,35-38,40-41H2,1-4H3. The Morgan fingerprint density at radius 2 is 0.964 bits per heavy atom. The Morgan fingerprint density at radius 1 is 0.571 bits per heavy atom. The van der Waals surface area contributed by atoms with Crippen LogP contribution in [0.25, 0.3) is 10.9 Å². The zero-order valence-corrected chi connectivity index (χ0v) is 36.4. The Labute approximate surface area is 342 Å². The first-order chi connectivity index (χ1) is 27.3. The van der Waals surface area contributed by atoms with E-state index in [1.807, 2.05) is 44.6 Å². The molecular formula is C48H82N2O6. The molecule has 0 amide bonds. The molecule has 8 nitrogen and oxygen atoms in total. The van der Waals surface area contributed by atoms with Gasteiger partial charge in [0, 0.05) is 31.0 Å². The van der Waals surface area contributed by atoms with Crippen molar-refractivity contribution in [2.45, 2.75) is 206 Å². The van der Waals surface area contributed by atoms with Crippen LogP contribution in [0.5, 0.6) is 0 Å². The number of esters is 2. The number of hydrogen-bond donors (Lipinski definition) is 0. The third kappa shape index (κ3) is 24.0. The van der Waals surface area contributed by atoms with Gasteiger partial charge in [-0.05, 0) is 45.0 Å². The number of ether oxygens (including phenoxy) is 3. The number of benzene rings is 1. The third-order valence-electron chi connectivity index (χ3n) is 10.9. The molecule has 2 aromatic rings. The molecule has 0 unspecified atom stereocenters. The highest BCUT2D eigenvalue weighted by molar-refractivity contribution is 5.92. The fourth-order valence-electron chi connectivity index (χ4n) is 7.35. The smallest absolute Gasteiger partial charge is 0.419 e. The van der Waals surface area contributed by atoms with E-state index in [9.17, 15) is 14.4 Å². The molecule has 0 saturated heterocycles. The Morgan fingerprint density at radius 3 is 1.38 bits per heavy atom. The molecule has 0 saturated carbocycles. The molecular weight excluding hydrogens is 701 g/mol. The SMILES string of the molecule is CCCCCCCCCCCCCCCC(=O)OCC(COC(=O)CCCCCCCCCCCCCCC)OC(=O)n1cc(CCN(C)C)c2ccccc21. The number of hydrogen-bond acceptors (Lipinski definition) is 7. The maximum atomic E-state index is 13.6. The summed E-state index contributed by atoms with van der Waals surface area (Å²) in [7, 11) is 4.05. The Balaban J connectivity index is 1.77. The topological polar surface area (TPSA) is 87.1 Å². The molecule has 2 rings (SSSR count). The predicted molar refractivity (Wildman–Crippen MR) is 232 cm³/mol. The quantitative estimate of drug-likeness (QED) is 0.0386. The van der Waals surface area contributed by atoms with Crippen LogP contribution in [-0.4, -0.2) is 67.5 Å². The second kappa shape index (κ2) is 33.1. The third-order valence-corrected chi connectivity index (χ3v) is 10.9. The number of aromatic nitrogens is 1. The number of unbranched alkanes of at least 4 members (excludes halogenated alkanes) is 24. The van der Waals surface area contributed by atoms with Gasteiger partial charge in [-0.2, -0.15) is 0 Å². The lowest BCUT2D eigenvalue weighted by molar-refractivity contribution is -0.152. The van der Waals surface area contributed by atoms with Gasteiger partial charge < -0.3 is 19.1 Å². The first kappa shape index (κ1) is 49.3. The van der Waals surface area contributed by atoms with Gasteiger partial charge in [0.25, 0.3) is 0 Å². The molecule has 0 aliphatic carbocycles. The molecule has 0 N–H and O–H groups in total. The summed E-state index contributed by atoms with van der Waals surface area (Å²) in [6.45, 7) is 5.06. The van der Waals surface area contributed by atoms with Gasteiger partial charge in [0.15, 0.2) is 6.10 Å². The maximum Gasteiger partial charge on any atom is 0.419 e. The van der Waals surface area contributed by atoms with Gasteiger partial charge in [-0.1, -0.05) is 186 Å². The van der Waals surface area contributed by atoms with Crippen molar-refractivity contribution in [2.75, 3.05) is 33.9 Å². The van der Waals surface area contributed by atoms with E-state index in [0.717, 1.165) is 68.0 Å². The van der Waals surface area contributed by atoms with E-state index in [4.69, 9.17) is 14.2 Å². The largest absolute Gasteiger partial charge is 0.462 e. The van der Waals surface area contributed by atoms with Crippen molar-refractivity contribution < 1.29 is 28.6 Å². The molecule has 0 aliphatic rings. The second-order valence-corrected chi connectivity index (χ2v) is 16.5. The molecule has 56 heavy (non-hydrogen) atoms. The lowest BCUT2D eigenvalue weighted by Crippen LogP contribution is -2.32. The van der Waals surface area contributed by atoms with E-state index in [1.54, 1.807) is 0 Å². The minimum atomic E-state index is -0.903. The van der Waals surface area contributed by atoms with Crippen molar-refractivity contribution in [3.63, 3.8) is 0 Å². The van der Waals surface area contributed by atoms with Gasteiger partial charge in [-0.15, -0.1) is 0 Å². The number of carbonyl (C=O) groups excluding carboxylic acids is 3. The first-order valence-corrected chi connectivity index (χ1v) is 23.1. The summed E-state index contributed by atoms with van der Waals surface area (Å²) in [6.07, 6.45) is 34.1. The number of fused-ring (bicyclic) bond motifs is 1. The molecule has 8 heteroatoms. The molecule has 320 valence electrons. The van der Waals surface area contributed by atoms with E-state index in [0.29, 0.717) is 12.8 Å². The van der Waals surface area contributed by atoms with Gasteiger partial charge in [0.05, 0.1) is 5.52 Å². The summed E-state index contributed by atoms with van der Waals surface area (Å²) in [5.74, 6) is -0.630. The van der Waals surface area contributed by atoms with Crippen molar-refractivity contribution in [1.82, 2.24) is 9.47 Å². The van der Waals surface area contributed by atoms with Crippen LogP contribution >= 0.6 is 0 Å². The highest BCUT2D eigenvalue weighted by Crippen LogP contribution is 2.23. The first-order valence-electron chi connectivity index (χ1n) is 23.1. The summed E-state index contributed by atoms with van der Waals surface area (Å²) in [4.78, 5) is 41.1. The van der Waals surface area contributed by atoms with Crippen molar-refractivity contribution >= 4 is 28.9 Å². The Kier molecular flexibility index (Phi) is 29.2. The molecule has 1 aromatic carbocycles. The zero-order chi connectivity index (χ0) is 40.5. The van der Waals surface area contributed by atoms with Gasteiger partial charge in [-0.25, -0.2) is 4.79 Å². The number of likely N-dealkylation sites (N-methyl/N-ethyl adjacent to an activating group) is 1. The highest BCUT2D eigenvalue weighted by atomic mass is 16.6. The van der Waals surface area contributed by atoms with Crippen molar-refractivity contribution in [3.8, 4) is 0 Å². The lowest BCUT2D eigenvalue weighted by atomic mass is 10.0. The van der Waals surface area contributed by atoms with Crippen LogP contribution < -0.4 is 0 Å². The van der Waals surface area contributed by atoms with Crippen LogP contribution in [0.3, 0.4) is 0 Å². The molecule has 0 spiro atoms. The van der Waals surface area contributed by atoms with Crippen molar-refractivity contribution in [2.24, 2.45) is 0 Å². The zero-order valence-electron chi connectivity index (χ0n) is 36.4. The van der Waals surface area contributed by atoms with Crippen LogP contribution in [0, 0.1) is 0 Å². The minimum absolute atomic E-state index is 0.151. The summed E-state index contributed by atoms with van der Waals surface area (Å²) >= 11 is 0. The fraction of sp³-hybridized carbons (Fsp3) is 0.771. The summed E-state index contributed by atoms with van der Waals surface area (Å²) in [5, 5.41) is 0.997. The summed E-state index contributed by atoms with van der Waals surface area (Å²) in [5.41, 5.74) is 1.81. The Bertz CT molecular complexity index is 1240. The molecule has 0 fully saturated rings. The number of para-hydroxylation sites is 1. The molecule has 0 radical (unpaired) electrons. The number of nitrogens with zero attached hydrogens (tertiary/aromatic N) is 2. The average Bonchev–Trinajstić information content (AvgIpc) is 3.57. The number of carbonyl (C=O) groups is 3. The Hall–Kier alpha value is -2.87. The molecule has 0 bridgehead atoms. The lowest BCUT2D eigenvalue weighted by Gasteiger charge is -2.18. The maximum absolute atomic E-state index is 13.6. The van der Waals surface area contributed by atoms with E-state index < -0.39 is 12.2 Å². The van der Waals surface area contributed by atoms with E-state index >= 15 is 0 Å². The molecule has 0 aliphatic heterocycles. The van der Waals surface area contributed by atoms with Crippen molar-refractivity contribution in [1.29, 1.82) is 0 Å². The fourth-order valence-corrected chi connectivity index (χ4v) is 7.35. The van der Waals surface area contributed by atoms with E-state index in [2.05, 4.69) is 18.7 Å². The highest BCUT2D eigenvalue weighted by Gasteiger charge is 2.22. The van der Waals surface area contributed by atoms with Crippen LogP contribution in [0.15, 0.2) is 30.5 Å². The monoisotopic (exact) mass is 783 g/mol. The average molecular weight is 783 g/mol. The molecule has 1 aromatic heterocycles. The van der Waals surface area contributed by atoms with Gasteiger partial charge in [-0.3, -0.25) is 14.2 Å². The predicted octanol–water partition coefficient (Wildman–Crippen LogP) is 13.1. The van der Waals surface area contributed by atoms with E-state index in [-0.39, 0.29) is 25.2 Å². The molecule has 0 atom stereocenters. The van der Waals surface area contributed by atoms with E-state index in [1.165, 1.54) is 133 Å². The summed E-state index contributed by atoms with van der Waals surface area (Å²) < 4.78 is 18.6. The summed E-state index contributed by atoms with van der Waals surface area (Å²) in [6, 6.07) is 7.78. The second-order valence-electron chi connectivity index (χ2n) is 16.5. The molecule has 1 heterocycles. The van der Waals surface area contributed by atoms with Crippen LogP contribution in [0.1, 0.15) is 199 Å². The van der Waals surface area contributed by atoms with Crippen molar-refractivity contribution in [3.05, 3.63) is 36.0 Å². The van der Waals surface area contributed by atoms with Gasteiger partial charge in [0.2, 0.25) is 0 Å². The van der Waals surface area contributed by atoms with Gasteiger partial charge >= 0.3 is 18.0 Å². The van der Waals surface area contributed by atoms with Crippen LogP contribution in [0.4, 0.5) is 4.79 Å². The normalized spacial score (nSPS) is 11.5.